The Bertz CT molecular complexity index is 970. The van der Waals surface area contributed by atoms with Crippen LogP contribution in [0.2, 0.25) is 0 Å². The first-order chi connectivity index (χ1) is 14.3. The van der Waals surface area contributed by atoms with E-state index in [0.29, 0.717) is 22.6 Å². The fourth-order valence-electron chi connectivity index (χ4n) is 3.04. The van der Waals surface area contributed by atoms with Gasteiger partial charge in [0, 0.05) is 11.1 Å². The molecule has 0 atom stereocenters. The molecule has 0 fully saturated rings. The average Bonchev–Trinajstić information content (AvgIpc) is 2.74. The fourth-order valence-corrected chi connectivity index (χ4v) is 3.04. The summed E-state index contributed by atoms with van der Waals surface area (Å²) < 4.78 is 0. The summed E-state index contributed by atoms with van der Waals surface area (Å²) in [5.41, 5.74) is 4.89. The van der Waals surface area contributed by atoms with Crippen molar-refractivity contribution >= 4 is 11.6 Å². The molecule has 4 heteroatoms. The van der Waals surface area contributed by atoms with Crippen molar-refractivity contribution in [1.82, 2.24) is 0 Å². The molecule has 0 aliphatic heterocycles. The molecule has 30 heavy (non-hydrogen) atoms. The van der Waals surface area contributed by atoms with Crippen LogP contribution in [-0.4, -0.2) is 21.8 Å². The molecule has 3 aromatic rings. The number of ketones is 2. The van der Waals surface area contributed by atoms with Crippen molar-refractivity contribution in [2.24, 2.45) is 0 Å². The van der Waals surface area contributed by atoms with Crippen molar-refractivity contribution in [3.8, 4) is 22.6 Å². The molecule has 0 amide bonds. The number of aromatic hydroxyl groups is 2. The minimum Gasteiger partial charge on any atom is -0.508 e. The van der Waals surface area contributed by atoms with Crippen LogP contribution in [0.3, 0.4) is 0 Å². The number of hydrogen-bond donors (Lipinski definition) is 2. The van der Waals surface area contributed by atoms with Gasteiger partial charge in [-0.15, -0.1) is 0 Å². The van der Waals surface area contributed by atoms with Crippen molar-refractivity contribution in [2.45, 2.75) is 40.5 Å². The third-order valence-electron chi connectivity index (χ3n) is 4.94. The number of phenolic OH excluding ortho intramolecular Hbond substituents is 2. The molecule has 156 valence electrons. The molecule has 0 saturated heterocycles. The molecule has 3 aromatic carbocycles. The van der Waals surface area contributed by atoms with E-state index in [1.807, 2.05) is 38.1 Å². The molecule has 4 nitrogen and oxygen atoms in total. The summed E-state index contributed by atoms with van der Waals surface area (Å²) in [7, 11) is 0. The molecule has 2 N–H and O–H groups in total. The largest absolute Gasteiger partial charge is 0.508 e. The lowest BCUT2D eigenvalue weighted by molar-refractivity contribution is 0.101. The van der Waals surface area contributed by atoms with E-state index in [4.69, 9.17) is 0 Å². The van der Waals surface area contributed by atoms with Crippen LogP contribution in [0.25, 0.3) is 11.1 Å². The minimum atomic E-state index is -0.0156. The zero-order chi connectivity index (χ0) is 22.3. The first-order valence-corrected chi connectivity index (χ1v) is 10.0. The molecule has 0 radical (unpaired) electrons. The predicted octanol–water partition coefficient (Wildman–Crippen LogP) is 5.98. The van der Waals surface area contributed by atoms with Crippen LogP contribution in [0, 0.1) is 0 Å². The lowest BCUT2D eigenvalue weighted by atomic mass is 10.00. The van der Waals surface area contributed by atoms with Gasteiger partial charge in [0.05, 0.1) is 0 Å². The van der Waals surface area contributed by atoms with Crippen molar-refractivity contribution in [3.63, 3.8) is 0 Å². The lowest BCUT2D eigenvalue weighted by Gasteiger charge is -2.08. The number of Topliss-reactive ketones (excluding diaryl/α,β-unsaturated/α-hetero) is 2. The molecule has 0 spiro atoms. The highest BCUT2D eigenvalue weighted by Gasteiger charge is 2.06. The third-order valence-corrected chi connectivity index (χ3v) is 4.94. The van der Waals surface area contributed by atoms with Gasteiger partial charge in [-0.2, -0.15) is 0 Å². The van der Waals surface area contributed by atoms with E-state index < -0.39 is 0 Å². The molecule has 0 aliphatic carbocycles. The molecular weight excluding hydrogens is 376 g/mol. The molecule has 0 heterocycles. The Hall–Kier alpha value is -3.40. The molecular formula is C26H28O4. The van der Waals surface area contributed by atoms with Gasteiger partial charge in [0.1, 0.15) is 11.5 Å². The second-order valence-electron chi connectivity index (χ2n) is 7.09. The van der Waals surface area contributed by atoms with Gasteiger partial charge in [0.15, 0.2) is 11.6 Å². The predicted molar refractivity (Wildman–Crippen MR) is 120 cm³/mol. The topological polar surface area (TPSA) is 74.6 Å². The van der Waals surface area contributed by atoms with E-state index in [1.165, 1.54) is 13.8 Å². The Morgan fingerprint density at radius 2 is 1.07 bits per heavy atom. The zero-order valence-electron chi connectivity index (χ0n) is 17.9. The number of carbonyl (C=O) groups excluding carboxylic acids is 2. The zero-order valence-corrected chi connectivity index (χ0v) is 17.9. The highest BCUT2D eigenvalue weighted by Crippen LogP contribution is 2.30. The Morgan fingerprint density at radius 1 is 0.667 bits per heavy atom. The first kappa shape index (κ1) is 22.9. The van der Waals surface area contributed by atoms with Gasteiger partial charge >= 0.3 is 0 Å². The SMILES string of the molecule is CC(=O)c1cccc(C(C)=O)c1.CCc1ccc(-c2ccc(CC)c(O)c2)cc1O. The second-order valence-corrected chi connectivity index (χ2v) is 7.09. The number of aryl methyl sites for hydroxylation is 2. The Kier molecular flexibility index (Phi) is 7.93. The third kappa shape index (κ3) is 5.80. The second kappa shape index (κ2) is 10.4. The van der Waals surface area contributed by atoms with Crippen LogP contribution in [0.15, 0.2) is 60.7 Å². The Morgan fingerprint density at radius 3 is 1.37 bits per heavy atom. The van der Waals surface area contributed by atoms with Gasteiger partial charge in [-0.1, -0.05) is 56.3 Å². The molecule has 0 unspecified atom stereocenters. The van der Waals surface area contributed by atoms with Crippen molar-refractivity contribution in [1.29, 1.82) is 0 Å². The summed E-state index contributed by atoms with van der Waals surface area (Å²) in [6.07, 6.45) is 1.62. The highest BCUT2D eigenvalue weighted by molar-refractivity contribution is 5.99. The molecule has 0 saturated carbocycles. The van der Waals surface area contributed by atoms with Gasteiger partial charge in [-0.3, -0.25) is 9.59 Å². The average molecular weight is 405 g/mol. The van der Waals surface area contributed by atoms with Crippen molar-refractivity contribution in [3.05, 3.63) is 82.9 Å². The monoisotopic (exact) mass is 404 g/mol. The van der Waals surface area contributed by atoms with Crippen molar-refractivity contribution < 1.29 is 19.8 Å². The standard InChI is InChI=1S/C16H18O2.C10H10O2/c1-3-11-5-7-13(9-15(11)17)14-8-6-12(4-2)16(18)10-14;1-7(11)9-4-3-5-10(6-9)8(2)12/h5-10,17-18H,3-4H2,1-2H3;3-6H,1-2H3. The van der Waals surface area contributed by atoms with Crippen LogP contribution in [0.4, 0.5) is 0 Å². The van der Waals surface area contributed by atoms with E-state index in [0.717, 1.165) is 35.1 Å². The minimum absolute atomic E-state index is 0.0156. The number of carbonyl (C=O) groups is 2. The lowest BCUT2D eigenvalue weighted by Crippen LogP contribution is -1.96. The van der Waals surface area contributed by atoms with Gasteiger partial charge in [0.2, 0.25) is 0 Å². The van der Waals surface area contributed by atoms with Gasteiger partial charge in [-0.25, -0.2) is 0 Å². The van der Waals surface area contributed by atoms with E-state index in [-0.39, 0.29) is 11.6 Å². The summed E-state index contributed by atoms with van der Waals surface area (Å²) in [6, 6.07) is 18.0. The van der Waals surface area contributed by atoms with E-state index >= 15 is 0 Å². The summed E-state index contributed by atoms with van der Waals surface area (Å²) in [5, 5.41) is 19.7. The normalized spacial score (nSPS) is 10.1. The summed E-state index contributed by atoms with van der Waals surface area (Å²) in [6.45, 7) is 6.99. The van der Waals surface area contributed by atoms with Gasteiger partial charge in [-0.05, 0) is 67.1 Å². The van der Waals surface area contributed by atoms with Crippen LogP contribution in [-0.2, 0) is 12.8 Å². The van der Waals surface area contributed by atoms with E-state index in [9.17, 15) is 19.8 Å². The quantitative estimate of drug-likeness (QED) is 0.513. The number of rotatable bonds is 5. The Labute approximate surface area is 177 Å². The van der Waals surface area contributed by atoms with E-state index in [1.54, 1.807) is 36.4 Å². The number of hydrogen-bond acceptors (Lipinski definition) is 4. The summed E-state index contributed by atoms with van der Waals surface area (Å²) in [5.74, 6) is 0.597. The highest BCUT2D eigenvalue weighted by atomic mass is 16.3. The maximum absolute atomic E-state index is 10.9. The maximum Gasteiger partial charge on any atom is 0.159 e. The van der Waals surface area contributed by atoms with Crippen LogP contribution < -0.4 is 0 Å². The Balaban J connectivity index is 0.000000232. The molecule has 0 aliphatic rings. The fraction of sp³-hybridized carbons (Fsp3) is 0.231. The van der Waals surface area contributed by atoms with Crippen LogP contribution >= 0.6 is 0 Å². The van der Waals surface area contributed by atoms with Crippen LogP contribution in [0.1, 0.15) is 59.5 Å². The number of benzene rings is 3. The number of phenols is 2. The first-order valence-electron chi connectivity index (χ1n) is 10.0. The molecule has 0 aromatic heterocycles. The van der Waals surface area contributed by atoms with Crippen molar-refractivity contribution in [2.75, 3.05) is 0 Å². The van der Waals surface area contributed by atoms with E-state index in [2.05, 4.69) is 0 Å². The summed E-state index contributed by atoms with van der Waals surface area (Å²) >= 11 is 0. The van der Waals surface area contributed by atoms with Gasteiger partial charge < -0.3 is 10.2 Å². The smallest absolute Gasteiger partial charge is 0.159 e. The van der Waals surface area contributed by atoms with Gasteiger partial charge in [0.25, 0.3) is 0 Å². The van der Waals surface area contributed by atoms with Crippen LogP contribution in [0.5, 0.6) is 11.5 Å². The maximum atomic E-state index is 10.9. The summed E-state index contributed by atoms with van der Waals surface area (Å²) in [4.78, 5) is 21.8. The molecule has 3 rings (SSSR count). The molecule has 0 bridgehead atoms.